The Hall–Kier alpha value is -3.67. The van der Waals surface area contributed by atoms with Gasteiger partial charge in [-0.15, -0.1) is 0 Å². The molecule has 0 radical (unpaired) electrons. The van der Waals surface area contributed by atoms with Crippen LogP contribution in [-0.4, -0.2) is 42.8 Å². The fourth-order valence-corrected chi connectivity index (χ4v) is 3.83. The maximum atomic E-state index is 13.1. The van der Waals surface area contributed by atoms with Crippen molar-refractivity contribution in [3.8, 4) is 5.75 Å². The van der Waals surface area contributed by atoms with Gasteiger partial charge < -0.3 is 9.64 Å². The molecule has 0 saturated carbocycles. The number of anilines is 1. The van der Waals surface area contributed by atoms with Crippen molar-refractivity contribution in [2.75, 3.05) is 25.1 Å². The first-order chi connectivity index (χ1) is 14.5. The lowest BCUT2D eigenvalue weighted by atomic mass is 9.94. The highest BCUT2D eigenvalue weighted by atomic mass is 16.5. The summed E-state index contributed by atoms with van der Waals surface area (Å²) in [6.45, 7) is 2.11. The second kappa shape index (κ2) is 7.99. The molecule has 3 amide bonds. The predicted octanol–water partition coefficient (Wildman–Crippen LogP) is 3.89. The predicted molar refractivity (Wildman–Crippen MR) is 115 cm³/mol. The number of hydrogen-bond acceptors (Lipinski definition) is 4. The minimum absolute atomic E-state index is 0.0837. The number of methoxy groups -OCH3 is 1. The third kappa shape index (κ3) is 3.30. The fourth-order valence-electron chi connectivity index (χ4n) is 3.83. The van der Waals surface area contributed by atoms with Crippen molar-refractivity contribution in [3.63, 3.8) is 0 Å². The molecule has 0 saturated heterocycles. The molecule has 3 aromatic rings. The van der Waals surface area contributed by atoms with Crippen LogP contribution >= 0.6 is 0 Å². The number of hydrogen-bond donors (Lipinski definition) is 0. The molecule has 30 heavy (non-hydrogen) atoms. The van der Waals surface area contributed by atoms with Crippen LogP contribution in [0.5, 0.6) is 5.75 Å². The number of ether oxygens (including phenoxy) is 1. The average Bonchev–Trinajstić information content (AvgIpc) is 2.79. The second-order valence-electron chi connectivity index (χ2n) is 7.07. The highest BCUT2D eigenvalue weighted by Crippen LogP contribution is 2.30. The Morgan fingerprint density at radius 3 is 2.07 bits per heavy atom. The van der Waals surface area contributed by atoms with Crippen LogP contribution in [-0.2, 0) is 4.79 Å². The van der Waals surface area contributed by atoms with Gasteiger partial charge in [-0.05, 0) is 41.8 Å². The molecule has 3 aromatic carbocycles. The Labute approximate surface area is 174 Å². The third-order valence-electron chi connectivity index (χ3n) is 5.39. The normalized spacial score (nSPS) is 12.9. The number of carbonyl (C=O) groups is 3. The molecule has 0 N–H and O–H groups in total. The van der Waals surface area contributed by atoms with Crippen molar-refractivity contribution < 1.29 is 19.1 Å². The van der Waals surface area contributed by atoms with E-state index in [4.69, 9.17) is 4.74 Å². The first-order valence-electron chi connectivity index (χ1n) is 9.87. The number of rotatable bonds is 6. The first kappa shape index (κ1) is 19.6. The van der Waals surface area contributed by atoms with Crippen LogP contribution in [0.3, 0.4) is 0 Å². The number of benzene rings is 3. The van der Waals surface area contributed by atoms with Gasteiger partial charge in [-0.1, -0.05) is 31.2 Å². The number of carbonyl (C=O) groups excluding carboxylic acids is 3. The summed E-state index contributed by atoms with van der Waals surface area (Å²) in [6.07, 6.45) is 0.316. The summed E-state index contributed by atoms with van der Waals surface area (Å²) in [5.74, 6) is -0.0563. The van der Waals surface area contributed by atoms with E-state index in [1.54, 1.807) is 55.3 Å². The molecular formula is C24H22N2O4. The zero-order valence-corrected chi connectivity index (χ0v) is 16.9. The Morgan fingerprint density at radius 1 is 0.933 bits per heavy atom. The summed E-state index contributed by atoms with van der Waals surface area (Å²) < 4.78 is 5.18. The topological polar surface area (TPSA) is 66.9 Å². The van der Waals surface area contributed by atoms with Gasteiger partial charge in [-0.25, -0.2) is 0 Å². The number of amides is 3. The van der Waals surface area contributed by atoms with E-state index in [1.165, 1.54) is 4.90 Å². The molecule has 0 bridgehead atoms. The fraction of sp³-hybridized carbons (Fsp3) is 0.208. The molecule has 6 nitrogen and oxygen atoms in total. The largest absolute Gasteiger partial charge is 0.497 e. The Bertz CT molecular complexity index is 1090. The van der Waals surface area contributed by atoms with Gasteiger partial charge >= 0.3 is 0 Å². The van der Waals surface area contributed by atoms with E-state index < -0.39 is 0 Å². The van der Waals surface area contributed by atoms with Gasteiger partial charge in [-0.3, -0.25) is 19.3 Å². The zero-order valence-electron chi connectivity index (χ0n) is 16.9. The van der Waals surface area contributed by atoms with Gasteiger partial charge in [0, 0.05) is 41.7 Å². The van der Waals surface area contributed by atoms with E-state index in [-0.39, 0.29) is 30.8 Å². The van der Waals surface area contributed by atoms with E-state index >= 15 is 0 Å². The standard InChI is InChI=1S/C24H22N2O4/c1-3-21(27)25(17-10-12-18(30-2)13-11-17)14-15-26-23(28)19-8-4-6-16-7-5-9-20(22(16)19)24(26)29/h4-13H,3,14-15H2,1-2H3. The molecule has 1 heterocycles. The van der Waals surface area contributed by atoms with Crippen LogP contribution in [0.4, 0.5) is 5.69 Å². The monoisotopic (exact) mass is 402 g/mol. The molecule has 0 fully saturated rings. The van der Waals surface area contributed by atoms with Crippen LogP contribution in [0.15, 0.2) is 60.7 Å². The van der Waals surface area contributed by atoms with E-state index in [2.05, 4.69) is 0 Å². The Balaban J connectivity index is 1.62. The molecule has 0 atom stereocenters. The Kier molecular flexibility index (Phi) is 5.23. The molecule has 1 aliphatic rings. The van der Waals surface area contributed by atoms with Crippen molar-refractivity contribution >= 4 is 34.2 Å². The summed E-state index contributed by atoms with van der Waals surface area (Å²) in [5, 5.41) is 1.57. The van der Waals surface area contributed by atoms with Crippen LogP contribution < -0.4 is 9.64 Å². The van der Waals surface area contributed by atoms with Gasteiger partial charge in [0.15, 0.2) is 0 Å². The molecule has 0 unspecified atom stereocenters. The van der Waals surface area contributed by atoms with E-state index in [0.717, 1.165) is 5.39 Å². The molecule has 0 spiro atoms. The molecule has 1 aliphatic heterocycles. The summed E-state index contributed by atoms with van der Waals surface area (Å²) in [6, 6.07) is 18.0. The average molecular weight is 402 g/mol. The summed E-state index contributed by atoms with van der Waals surface area (Å²) in [7, 11) is 1.58. The van der Waals surface area contributed by atoms with Gasteiger partial charge in [-0.2, -0.15) is 0 Å². The minimum Gasteiger partial charge on any atom is -0.497 e. The van der Waals surface area contributed by atoms with Gasteiger partial charge in [0.05, 0.1) is 7.11 Å². The van der Waals surface area contributed by atoms with E-state index in [0.29, 0.717) is 34.4 Å². The first-order valence-corrected chi connectivity index (χ1v) is 9.87. The van der Waals surface area contributed by atoms with E-state index in [1.807, 2.05) is 24.3 Å². The third-order valence-corrected chi connectivity index (χ3v) is 5.39. The lowest BCUT2D eigenvalue weighted by Gasteiger charge is -2.30. The quantitative estimate of drug-likeness (QED) is 0.587. The summed E-state index contributed by atoms with van der Waals surface area (Å²) in [5.41, 5.74) is 1.73. The molecule has 0 aliphatic carbocycles. The smallest absolute Gasteiger partial charge is 0.261 e. The summed E-state index contributed by atoms with van der Waals surface area (Å²) >= 11 is 0. The van der Waals surface area contributed by atoms with Gasteiger partial charge in [0.1, 0.15) is 5.75 Å². The SMILES string of the molecule is CCC(=O)N(CCN1C(=O)c2cccc3cccc(c23)C1=O)c1ccc(OC)cc1. The van der Waals surface area contributed by atoms with Crippen molar-refractivity contribution in [1.82, 2.24) is 4.90 Å². The molecule has 4 rings (SSSR count). The maximum Gasteiger partial charge on any atom is 0.261 e. The van der Waals surface area contributed by atoms with Gasteiger partial charge in [0.25, 0.3) is 11.8 Å². The number of imide groups is 1. The van der Waals surface area contributed by atoms with Crippen LogP contribution in [0.1, 0.15) is 34.1 Å². The van der Waals surface area contributed by atoms with Gasteiger partial charge in [0.2, 0.25) is 5.91 Å². The van der Waals surface area contributed by atoms with E-state index in [9.17, 15) is 14.4 Å². The minimum atomic E-state index is -0.331. The molecule has 6 heteroatoms. The maximum absolute atomic E-state index is 13.1. The van der Waals surface area contributed by atoms with Crippen molar-refractivity contribution in [3.05, 3.63) is 71.8 Å². The second-order valence-corrected chi connectivity index (χ2v) is 7.07. The van der Waals surface area contributed by atoms with Crippen molar-refractivity contribution in [2.24, 2.45) is 0 Å². The summed E-state index contributed by atoms with van der Waals surface area (Å²) in [4.78, 5) is 41.5. The zero-order chi connectivity index (χ0) is 21.3. The Morgan fingerprint density at radius 2 is 1.53 bits per heavy atom. The van der Waals surface area contributed by atoms with Crippen LogP contribution in [0.2, 0.25) is 0 Å². The van der Waals surface area contributed by atoms with Crippen LogP contribution in [0, 0.1) is 0 Å². The number of nitrogens with zero attached hydrogens (tertiary/aromatic N) is 2. The molecule has 0 aromatic heterocycles. The lowest BCUT2D eigenvalue weighted by molar-refractivity contribution is -0.118. The lowest BCUT2D eigenvalue weighted by Crippen LogP contribution is -2.45. The van der Waals surface area contributed by atoms with Crippen molar-refractivity contribution in [1.29, 1.82) is 0 Å². The highest BCUT2D eigenvalue weighted by Gasteiger charge is 2.33. The molecular weight excluding hydrogens is 380 g/mol. The highest BCUT2D eigenvalue weighted by molar-refractivity contribution is 6.25. The van der Waals surface area contributed by atoms with Crippen molar-refractivity contribution in [2.45, 2.75) is 13.3 Å². The van der Waals surface area contributed by atoms with Crippen LogP contribution in [0.25, 0.3) is 10.8 Å². The molecule has 152 valence electrons.